The van der Waals surface area contributed by atoms with Crippen LogP contribution in [0.25, 0.3) is 10.9 Å². The second-order valence-corrected chi connectivity index (χ2v) is 12.0. The Morgan fingerprint density at radius 3 is 2.07 bits per heavy atom. The largest absolute Gasteiger partial charge is 0.350 e. The number of aryl methyl sites for hydroxylation is 2. The number of likely N-dealkylation sites (tertiary alicyclic amines) is 2. The van der Waals surface area contributed by atoms with Crippen molar-refractivity contribution in [1.82, 2.24) is 24.6 Å². The molecule has 0 aliphatic carbocycles. The second-order valence-electron chi connectivity index (χ2n) is 12.0. The quantitative estimate of drug-likeness (QED) is 0.405. The summed E-state index contributed by atoms with van der Waals surface area (Å²) in [6.07, 6.45) is 4.53. The number of piperazine rings is 1. The highest BCUT2D eigenvalue weighted by Gasteiger charge is 2.30. The summed E-state index contributed by atoms with van der Waals surface area (Å²) >= 11 is 0. The number of H-pyrrole nitrogens is 1. The maximum absolute atomic E-state index is 13.9. The van der Waals surface area contributed by atoms with Crippen LogP contribution in [0.4, 0.5) is 0 Å². The number of amides is 2. The number of rotatable bonds is 6. The molecule has 2 aromatic carbocycles. The van der Waals surface area contributed by atoms with E-state index in [4.69, 9.17) is 0 Å². The van der Waals surface area contributed by atoms with Gasteiger partial charge in [0, 0.05) is 62.3 Å². The number of nitrogens with one attached hydrogen (secondary N) is 1. The van der Waals surface area contributed by atoms with Crippen LogP contribution in [0.15, 0.2) is 42.5 Å². The summed E-state index contributed by atoms with van der Waals surface area (Å²) in [5.41, 5.74) is 7.23. The van der Waals surface area contributed by atoms with Gasteiger partial charge < -0.3 is 14.8 Å². The average molecular weight is 615 g/mol. The minimum Gasteiger partial charge on any atom is -0.350 e. The SMILES string of the molecule is Cc1cccc(C)c1C1CCN(Cc2c(C(=O)N3CCN(CC(=O)N4CCCC4)CC3)[nH]c3ccccc23)CC1.Cl.Cl. The Kier molecular flexibility index (Phi) is 11.0. The molecule has 3 fully saturated rings. The Balaban J connectivity index is 0.00000202. The van der Waals surface area contributed by atoms with Gasteiger partial charge in [0.05, 0.1) is 6.54 Å². The molecule has 3 saturated heterocycles. The molecular formula is C33H45Cl2N5O2. The zero-order valence-electron chi connectivity index (χ0n) is 24.9. The summed E-state index contributed by atoms with van der Waals surface area (Å²) in [6.45, 7) is 12.4. The molecule has 4 heterocycles. The topological polar surface area (TPSA) is 62.9 Å². The highest BCUT2D eigenvalue weighted by atomic mass is 35.5. The molecule has 9 heteroatoms. The molecule has 228 valence electrons. The number of carbonyl (C=O) groups is 2. The van der Waals surface area contributed by atoms with E-state index in [9.17, 15) is 9.59 Å². The Labute approximate surface area is 262 Å². The first-order valence-electron chi connectivity index (χ1n) is 15.2. The van der Waals surface area contributed by atoms with Gasteiger partial charge >= 0.3 is 0 Å². The molecule has 2 amide bonds. The fraction of sp³-hybridized carbons (Fsp3) is 0.515. The van der Waals surface area contributed by atoms with Gasteiger partial charge in [-0.15, -0.1) is 24.8 Å². The van der Waals surface area contributed by atoms with Crippen LogP contribution in [0.3, 0.4) is 0 Å². The normalized spacial score (nSPS) is 18.6. The molecule has 3 aliphatic heterocycles. The maximum atomic E-state index is 13.9. The number of hydrogen-bond acceptors (Lipinski definition) is 4. The van der Waals surface area contributed by atoms with Crippen LogP contribution < -0.4 is 0 Å². The van der Waals surface area contributed by atoms with Crippen molar-refractivity contribution < 1.29 is 9.59 Å². The molecule has 7 nitrogen and oxygen atoms in total. The third kappa shape index (κ3) is 6.80. The summed E-state index contributed by atoms with van der Waals surface area (Å²) in [4.78, 5) is 38.7. The summed E-state index contributed by atoms with van der Waals surface area (Å²) in [5.74, 6) is 0.925. The molecule has 0 unspecified atom stereocenters. The van der Waals surface area contributed by atoms with E-state index >= 15 is 0 Å². The van der Waals surface area contributed by atoms with Gasteiger partial charge in [0.1, 0.15) is 5.69 Å². The zero-order chi connectivity index (χ0) is 27.6. The second kappa shape index (κ2) is 14.3. The minimum atomic E-state index is 0. The van der Waals surface area contributed by atoms with E-state index in [-0.39, 0.29) is 36.6 Å². The molecule has 0 spiro atoms. The Morgan fingerprint density at radius 1 is 0.762 bits per heavy atom. The highest BCUT2D eigenvalue weighted by Crippen LogP contribution is 2.34. The number of benzene rings is 2. The first-order chi connectivity index (χ1) is 19.5. The van der Waals surface area contributed by atoms with E-state index in [0.717, 1.165) is 93.7 Å². The van der Waals surface area contributed by atoms with Crippen molar-refractivity contribution in [3.8, 4) is 0 Å². The van der Waals surface area contributed by atoms with E-state index < -0.39 is 0 Å². The van der Waals surface area contributed by atoms with E-state index in [1.807, 2.05) is 15.9 Å². The summed E-state index contributed by atoms with van der Waals surface area (Å²) in [7, 11) is 0. The lowest BCUT2D eigenvalue weighted by Gasteiger charge is -2.35. The first-order valence-corrected chi connectivity index (χ1v) is 15.2. The molecule has 0 atom stereocenters. The van der Waals surface area contributed by atoms with Gasteiger partial charge in [0.2, 0.25) is 5.91 Å². The molecule has 42 heavy (non-hydrogen) atoms. The molecule has 0 saturated carbocycles. The maximum Gasteiger partial charge on any atom is 0.270 e. The Hall–Kier alpha value is -2.58. The smallest absolute Gasteiger partial charge is 0.270 e. The van der Waals surface area contributed by atoms with Crippen molar-refractivity contribution in [2.45, 2.75) is 52.0 Å². The average Bonchev–Trinajstić information content (AvgIpc) is 3.63. The van der Waals surface area contributed by atoms with Gasteiger partial charge in [0.25, 0.3) is 5.91 Å². The van der Waals surface area contributed by atoms with Crippen molar-refractivity contribution in [1.29, 1.82) is 0 Å². The monoisotopic (exact) mass is 613 g/mol. The van der Waals surface area contributed by atoms with Gasteiger partial charge in [-0.1, -0.05) is 36.4 Å². The predicted molar refractivity (Wildman–Crippen MR) is 174 cm³/mol. The fourth-order valence-electron chi connectivity index (χ4n) is 7.15. The van der Waals surface area contributed by atoms with Crippen LogP contribution in [-0.4, -0.2) is 95.3 Å². The lowest BCUT2D eigenvalue weighted by Crippen LogP contribution is -2.51. The number of hydrogen-bond donors (Lipinski definition) is 1. The number of aromatic nitrogens is 1. The fourth-order valence-corrected chi connectivity index (χ4v) is 7.15. The summed E-state index contributed by atoms with van der Waals surface area (Å²) in [6, 6.07) is 15.0. The number of para-hydroxylation sites is 1. The van der Waals surface area contributed by atoms with Crippen molar-refractivity contribution in [2.75, 3.05) is 58.9 Å². The van der Waals surface area contributed by atoms with E-state index in [1.165, 1.54) is 16.7 Å². The third-order valence-corrected chi connectivity index (χ3v) is 9.42. The molecule has 1 aromatic heterocycles. The van der Waals surface area contributed by atoms with Gasteiger partial charge in [-0.2, -0.15) is 0 Å². The van der Waals surface area contributed by atoms with Crippen molar-refractivity contribution >= 4 is 47.5 Å². The van der Waals surface area contributed by atoms with Crippen LogP contribution in [0, 0.1) is 13.8 Å². The van der Waals surface area contributed by atoms with E-state index in [1.54, 1.807) is 0 Å². The molecule has 0 radical (unpaired) electrons. The first kappa shape index (κ1) is 32.3. The van der Waals surface area contributed by atoms with Crippen molar-refractivity contribution in [3.63, 3.8) is 0 Å². The minimum absolute atomic E-state index is 0. The highest BCUT2D eigenvalue weighted by molar-refractivity contribution is 6.01. The number of carbonyl (C=O) groups excluding carboxylic acids is 2. The summed E-state index contributed by atoms with van der Waals surface area (Å²) in [5, 5.41) is 1.15. The lowest BCUT2D eigenvalue weighted by molar-refractivity contribution is -0.131. The van der Waals surface area contributed by atoms with Crippen molar-refractivity contribution in [2.24, 2.45) is 0 Å². The number of piperidine rings is 1. The van der Waals surface area contributed by atoms with Crippen LogP contribution in [0.5, 0.6) is 0 Å². The van der Waals surface area contributed by atoms with Gasteiger partial charge in [-0.3, -0.25) is 19.4 Å². The zero-order valence-corrected chi connectivity index (χ0v) is 26.6. The third-order valence-electron chi connectivity index (χ3n) is 9.42. The summed E-state index contributed by atoms with van der Waals surface area (Å²) < 4.78 is 0. The Bertz CT molecular complexity index is 1350. The van der Waals surface area contributed by atoms with E-state index in [2.05, 4.69) is 65.0 Å². The van der Waals surface area contributed by atoms with Crippen molar-refractivity contribution in [3.05, 3.63) is 70.4 Å². The number of fused-ring (bicyclic) bond motifs is 1. The standard InChI is InChI=1S/C33H43N5O2.2ClH/c1-24-8-7-9-25(2)31(24)26-12-16-35(17-13-26)22-28-27-10-3-4-11-29(27)34-32(28)33(40)38-20-18-36(19-21-38)23-30(39)37-14-5-6-15-37;;/h3-4,7-11,26,34H,5-6,12-23H2,1-2H3;2*1H. The number of nitrogens with zero attached hydrogens (tertiary/aromatic N) is 4. The van der Waals surface area contributed by atoms with Crippen LogP contribution in [0.1, 0.15) is 64.3 Å². The predicted octanol–water partition coefficient (Wildman–Crippen LogP) is 5.39. The molecule has 6 rings (SSSR count). The van der Waals surface area contributed by atoms with Gasteiger partial charge in [-0.05, 0) is 81.3 Å². The Morgan fingerprint density at radius 2 is 1.40 bits per heavy atom. The lowest BCUT2D eigenvalue weighted by atomic mass is 9.84. The molecule has 3 aliphatic rings. The van der Waals surface area contributed by atoms with E-state index in [0.29, 0.717) is 25.6 Å². The van der Waals surface area contributed by atoms with Crippen LogP contribution >= 0.6 is 24.8 Å². The molecular weight excluding hydrogens is 569 g/mol. The van der Waals surface area contributed by atoms with Gasteiger partial charge in [0.15, 0.2) is 0 Å². The molecule has 1 N–H and O–H groups in total. The molecule has 0 bridgehead atoms. The molecule has 3 aromatic rings. The number of aromatic amines is 1. The number of halogens is 2. The van der Waals surface area contributed by atoms with Gasteiger partial charge in [-0.25, -0.2) is 0 Å². The van der Waals surface area contributed by atoms with Crippen LogP contribution in [-0.2, 0) is 11.3 Å². The van der Waals surface area contributed by atoms with Crippen LogP contribution in [0.2, 0.25) is 0 Å².